The summed E-state index contributed by atoms with van der Waals surface area (Å²) >= 11 is 5.82. The molecule has 5 aliphatic rings. The van der Waals surface area contributed by atoms with E-state index in [0.29, 0.717) is 36.4 Å². The highest BCUT2D eigenvalue weighted by Crippen LogP contribution is 2.60. The van der Waals surface area contributed by atoms with E-state index in [1.54, 1.807) is 0 Å². The van der Waals surface area contributed by atoms with Crippen LogP contribution in [-0.4, -0.2) is 29.3 Å². The Morgan fingerprint density at radius 2 is 1.75 bits per heavy atom. The van der Waals surface area contributed by atoms with Gasteiger partial charge in [0.1, 0.15) is 11.9 Å². The first-order valence-electron chi connectivity index (χ1n) is 10.5. The smallest absolute Gasteiger partial charge is 0.247 e. The minimum atomic E-state index is -0.515. The zero-order valence-corrected chi connectivity index (χ0v) is 16.7. The summed E-state index contributed by atoms with van der Waals surface area (Å²) in [7, 11) is 0. The molecular formula is C22H26ClFN2O2. The van der Waals surface area contributed by atoms with Crippen molar-refractivity contribution in [1.82, 2.24) is 4.90 Å². The van der Waals surface area contributed by atoms with Crippen LogP contribution in [0.25, 0.3) is 0 Å². The van der Waals surface area contributed by atoms with E-state index < -0.39 is 11.9 Å². The van der Waals surface area contributed by atoms with Gasteiger partial charge < -0.3 is 10.2 Å². The molecular weight excluding hydrogens is 379 g/mol. The number of nitrogens with zero attached hydrogens (tertiary/aromatic N) is 1. The number of amides is 2. The maximum Gasteiger partial charge on any atom is 0.247 e. The Morgan fingerprint density at radius 3 is 2.36 bits per heavy atom. The SMILES string of the molecule is O=C(Nc1ccc(F)c(Cl)c1)[C@@H]1CCCN1C(=O)C12CC3CC(CC(C3)C1)C2. The summed E-state index contributed by atoms with van der Waals surface area (Å²) < 4.78 is 13.4. The van der Waals surface area contributed by atoms with Crippen LogP contribution in [-0.2, 0) is 9.59 Å². The third kappa shape index (κ3) is 3.02. The Labute approximate surface area is 169 Å². The fraction of sp³-hybridized carbons (Fsp3) is 0.636. The van der Waals surface area contributed by atoms with Gasteiger partial charge in [0.05, 0.1) is 10.4 Å². The van der Waals surface area contributed by atoms with E-state index in [0.717, 1.165) is 25.7 Å². The van der Waals surface area contributed by atoms with E-state index in [-0.39, 0.29) is 22.3 Å². The second-order valence-electron chi connectivity index (χ2n) is 9.47. The average molecular weight is 405 g/mol. The summed E-state index contributed by atoms with van der Waals surface area (Å²) in [6.45, 7) is 0.656. The van der Waals surface area contributed by atoms with E-state index in [9.17, 15) is 14.0 Å². The molecule has 1 saturated heterocycles. The van der Waals surface area contributed by atoms with Crippen molar-refractivity contribution in [2.45, 2.75) is 57.4 Å². The summed E-state index contributed by atoms with van der Waals surface area (Å²) in [4.78, 5) is 28.4. The molecule has 6 rings (SSSR count). The highest BCUT2D eigenvalue weighted by Gasteiger charge is 2.56. The average Bonchev–Trinajstić information content (AvgIpc) is 3.13. The van der Waals surface area contributed by atoms with Crippen molar-refractivity contribution in [2.75, 3.05) is 11.9 Å². The number of nitrogens with one attached hydrogen (secondary N) is 1. The second kappa shape index (κ2) is 6.72. The molecule has 28 heavy (non-hydrogen) atoms. The largest absolute Gasteiger partial charge is 0.330 e. The van der Waals surface area contributed by atoms with E-state index in [2.05, 4.69) is 5.32 Å². The molecule has 4 bridgehead atoms. The molecule has 1 aromatic carbocycles. The normalized spacial score (nSPS) is 36.0. The highest BCUT2D eigenvalue weighted by molar-refractivity contribution is 6.31. The number of benzene rings is 1. The third-order valence-corrected chi connectivity index (χ3v) is 7.79. The molecule has 1 aliphatic heterocycles. The lowest BCUT2D eigenvalue weighted by molar-refractivity contribution is -0.160. The quantitative estimate of drug-likeness (QED) is 0.798. The first-order chi connectivity index (χ1) is 13.4. The molecule has 4 saturated carbocycles. The van der Waals surface area contributed by atoms with Gasteiger partial charge in [0.15, 0.2) is 0 Å². The lowest BCUT2D eigenvalue weighted by atomic mass is 9.49. The van der Waals surface area contributed by atoms with Crippen LogP contribution in [0.1, 0.15) is 51.4 Å². The molecule has 5 fully saturated rings. The summed E-state index contributed by atoms with van der Waals surface area (Å²) in [5, 5.41) is 2.80. The molecule has 0 spiro atoms. The van der Waals surface area contributed by atoms with Crippen molar-refractivity contribution in [3.05, 3.63) is 29.0 Å². The molecule has 1 atom stereocenters. The molecule has 0 unspecified atom stereocenters. The first-order valence-corrected chi connectivity index (χ1v) is 10.9. The predicted molar refractivity (Wildman–Crippen MR) is 105 cm³/mol. The number of carbonyl (C=O) groups is 2. The van der Waals surface area contributed by atoms with Crippen molar-refractivity contribution in [3.8, 4) is 0 Å². The molecule has 150 valence electrons. The predicted octanol–water partition coefficient (Wildman–Crippen LogP) is 4.63. The number of hydrogen-bond donors (Lipinski definition) is 1. The Hall–Kier alpha value is -1.62. The summed E-state index contributed by atoms with van der Waals surface area (Å²) in [5.74, 6) is 1.60. The van der Waals surface area contributed by atoms with Crippen LogP contribution >= 0.6 is 11.6 Å². The van der Waals surface area contributed by atoms with Gasteiger partial charge in [-0.3, -0.25) is 9.59 Å². The van der Waals surface area contributed by atoms with E-state index in [1.165, 1.54) is 37.5 Å². The fourth-order valence-corrected chi connectivity index (χ4v) is 6.94. The third-order valence-electron chi connectivity index (χ3n) is 7.50. The van der Waals surface area contributed by atoms with Gasteiger partial charge in [-0.25, -0.2) is 4.39 Å². The molecule has 0 radical (unpaired) electrons. The maximum absolute atomic E-state index is 13.6. The van der Waals surface area contributed by atoms with Crippen molar-refractivity contribution < 1.29 is 14.0 Å². The minimum absolute atomic E-state index is 0.0225. The molecule has 1 N–H and O–H groups in total. The van der Waals surface area contributed by atoms with Crippen LogP contribution in [0.5, 0.6) is 0 Å². The number of rotatable bonds is 3. The molecule has 1 heterocycles. The second-order valence-corrected chi connectivity index (χ2v) is 9.88. The summed E-state index contributed by atoms with van der Waals surface area (Å²) in [6, 6.07) is 3.71. The van der Waals surface area contributed by atoms with Crippen LogP contribution in [0.4, 0.5) is 10.1 Å². The van der Waals surface area contributed by atoms with Gasteiger partial charge in [-0.05, 0) is 87.3 Å². The lowest BCUT2D eigenvalue weighted by Gasteiger charge is -2.56. The van der Waals surface area contributed by atoms with Crippen LogP contribution < -0.4 is 5.32 Å². The zero-order chi connectivity index (χ0) is 19.5. The van der Waals surface area contributed by atoms with Crippen molar-refractivity contribution >= 4 is 29.1 Å². The summed E-state index contributed by atoms with van der Waals surface area (Å²) in [6.07, 6.45) is 8.44. The molecule has 4 aliphatic carbocycles. The zero-order valence-electron chi connectivity index (χ0n) is 15.9. The molecule has 0 aromatic heterocycles. The van der Waals surface area contributed by atoms with Crippen molar-refractivity contribution in [3.63, 3.8) is 0 Å². The Balaban J connectivity index is 1.33. The van der Waals surface area contributed by atoms with Crippen LogP contribution in [0, 0.1) is 29.0 Å². The van der Waals surface area contributed by atoms with Gasteiger partial charge in [0.25, 0.3) is 0 Å². The van der Waals surface area contributed by atoms with Gasteiger partial charge in [-0.2, -0.15) is 0 Å². The molecule has 1 aromatic rings. The van der Waals surface area contributed by atoms with E-state index >= 15 is 0 Å². The topological polar surface area (TPSA) is 49.4 Å². The van der Waals surface area contributed by atoms with Crippen LogP contribution in [0.2, 0.25) is 5.02 Å². The Kier molecular flexibility index (Phi) is 4.42. The monoisotopic (exact) mass is 404 g/mol. The minimum Gasteiger partial charge on any atom is -0.330 e. The number of carbonyl (C=O) groups excluding carboxylic acids is 2. The highest BCUT2D eigenvalue weighted by atomic mass is 35.5. The first kappa shape index (κ1) is 18.4. The molecule has 6 heteroatoms. The van der Waals surface area contributed by atoms with Gasteiger partial charge in [-0.1, -0.05) is 11.6 Å². The van der Waals surface area contributed by atoms with Crippen molar-refractivity contribution in [1.29, 1.82) is 0 Å². The molecule has 2 amide bonds. The fourth-order valence-electron chi connectivity index (χ4n) is 6.76. The van der Waals surface area contributed by atoms with Gasteiger partial charge in [0, 0.05) is 12.2 Å². The Morgan fingerprint density at radius 1 is 1.11 bits per heavy atom. The van der Waals surface area contributed by atoms with E-state index in [4.69, 9.17) is 11.6 Å². The number of likely N-dealkylation sites (tertiary alicyclic amines) is 1. The standard InChI is InChI=1S/C22H26ClFN2O2/c23-17-9-16(3-4-18(17)24)25-20(27)19-2-1-5-26(19)21(28)22-10-13-6-14(11-22)8-15(7-13)12-22/h3-4,9,13-15,19H,1-2,5-8,10-12H2,(H,25,27)/t13?,14?,15?,19-,22?/m0/s1. The van der Waals surface area contributed by atoms with Crippen molar-refractivity contribution in [2.24, 2.45) is 23.2 Å². The maximum atomic E-state index is 13.6. The van der Waals surface area contributed by atoms with Crippen LogP contribution in [0.15, 0.2) is 18.2 Å². The lowest BCUT2D eigenvalue weighted by Crippen LogP contribution is -2.56. The number of halogens is 2. The van der Waals surface area contributed by atoms with Gasteiger partial charge >= 0.3 is 0 Å². The van der Waals surface area contributed by atoms with Gasteiger partial charge in [0.2, 0.25) is 11.8 Å². The Bertz CT molecular complexity index is 791. The number of anilines is 1. The number of hydrogen-bond acceptors (Lipinski definition) is 2. The van der Waals surface area contributed by atoms with Crippen LogP contribution in [0.3, 0.4) is 0 Å². The molecule has 4 nitrogen and oxygen atoms in total. The van der Waals surface area contributed by atoms with Gasteiger partial charge in [-0.15, -0.1) is 0 Å². The summed E-state index contributed by atoms with van der Waals surface area (Å²) in [5.41, 5.74) is 0.238. The van der Waals surface area contributed by atoms with E-state index in [1.807, 2.05) is 4.90 Å².